The van der Waals surface area contributed by atoms with Crippen molar-refractivity contribution in [3.63, 3.8) is 0 Å². The molecular weight excluding hydrogens is 302 g/mol. The molecule has 4 saturated carbocycles. The summed E-state index contributed by atoms with van der Waals surface area (Å²) in [6, 6.07) is 0. The van der Waals surface area contributed by atoms with Crippen LogP contribution in [0.3, 0.4) is 0 Å². The highest BCUT2D eigenvalue weighted by atomic mass is 16.5. The Morgan fingerprint density at radius 3 is 2.29 bits per heavy atom. The molecule has 24 heavy (non-hydrogen) atoms. The van der Waals surface area contributed by atoms with Crippen LogP contribution < -0.4 is 0 Å². The predicted molar refractivity (Wildman–Crippen MR) is 91.2 cm³/mol. The van der Waals surface area contributed by atoms with Crippen LogP contribution in [0.4, 0.5) is 0 Å². The Morgan fingerprint density at radius 2 is 1.71 bits per heavy atom. The first-order valence-electron chi connectivity index (χ1n) is 10.0. The van der Waals surface area contributed by atoms with E-state index in [1.165, 1.54) is 38.5 Å². The van der Waals surface area contributed by atoms with E-state index in [0.717, 1.165) is 43.6 Å². The summed E-state index contributed by atoms with van der Waals surface area (Å²) in [6.07, 6.45) is 10.6. The Hall–Kier alpha value is -1.06. The van der Waals surface area contributed by atoms with E-state index in [9.17, 15) is 9.59 Å². The molecule has 4 nitrogen and oxygen atoms in total. The Balaban J connectivity index is 1.38. The molecule has 4 bridgehead atoms. The Kier molecular flexibility index (Phi) is 4.34. The van der Waals surface area contributed by atoms with Gasteiger partial charge in [-0.15, -0.1) is 0 Å². The topological polar surface area (TPSA) is 46.6 Å². The molecule has 5 fully saturated rings. The Bertz CT molecular complexity index is 480. The van der Waals surface area contributed by atoms with Crippen LogP contribution in [0.15, 0.2) is 0 Å². The minimum atomic E-state index is -0.121. The van der Waals surface area contributed by atoms with Gasteiger partial charge >= 0.3 is 5.97 Å². The second-order valence-electron chi connectivity index (χ2n) is 9.03. The maximum Gasteiger partial charge on any atom is 0.310 e. The minimum Gasteiger partial charge on any atom is -0.466 e. The molecule has 0 N–H and O–H groups in total. The number of esters is 1. The zero-order chi connectivity index (χ0) is 16.7. The fourth-order valence-electron chi connectivity index (χ4n) is 6.60. The molecule has 0 aromatic rings. The summed E-state index contributed by atoms with van der Waals surface area (Å²) in [5.74, 6) is 2.72. The number of amides is 1. The second kappa shape index (κ2) is 6.34. The van der Waals surface area contributed by atoms with Gasteiger partial charge in [0.15, 0.2) is 0 Å². The van der Waals surface area contributed by atoms with Gasteiger partial charge in [-0.05, 0) is 81.5 Å². The molecule has 0 unspecified atom stereocenters. The fourth-order valence-corrected chi connectivity index (χ4v) is 6.60. The van der Waals surface area contributed by atoms with E-state index in [1.54, 1.807) is 0 Å². The zero-order valence-electron chi connectivity index (χ0n) is 15.0. The van der Waals surface area contributed by atoms with E-state index in [4.69, 9.17) is 4.74 Å². The molecule has 4 aliphatic carbocycles. The maximum absolute atomic E-state index is 13.0. The van der Waals surface area contributed by atoms with Gasteiger partial charge in [-0.1, -0.05) is 0 Å². The Morgan fingerprint density at radius 1 is 1.08 bits per heavy atom. The molecule has 1 heterocycles. The van der Waals surface area contributed by atoms with E-state index in [-0.39, 0.29) is 11.9 Å². The van der Waals surface area contributed by atoms with Crippen LogP contribution in [0, 0.1) is 29.1 Å². The molecule has 1 aliphatic heterocycles. The molecular formula is C20H31NO3. The lowest BCUT2D eigenvalue weighted by molar-refractivity contribution is -0.152. The van der Waals surface area contributed by atoms with Gasteiger partial charge in [0.1, 0.15) is 0 Å². The van der Waals surface area contributed by atoms with Gasteiger partial charge in [-0.2, -0.15) is 0 Å². The normalized spacial score (nSPS) is 40.6. The molecule has 0 aromatic carbocycles. The second-order valence-corrected chi connectivity index (χ2v) is 9.03. The predicted octanol–water partition coefficient (Wildman–Crippen LogP) is 3.39. The number of ether oxygens (including phenoxy) is 1. The van der Waals surface area contributed by atoms with Gasteiger partial charge in [0, 0.05) is 19.5 Å². The largest absolute Gasteiger partial charge is 0.466 e. The van der Waals surface area contributed by atoms with Crippen molar-refractivity contribution in [3.8, 4) is 0 Å². The highest BCUT2D eigenvalue weighted by Gasteiger charge is 2.51. The van der Waals surface area contributed by atoms with Gasteiger partial charge in [0.2, 0.25) is 5.91 Å². The molecule has 1 saturated heterocycles. The van der Waals surface area contributed by atoms with Gasteiger partial charge in [0.05, 0.1) is 12.5 Å². The lowest BCUT2D eigenvalue weighted by Gasteiger charge is -2.57. The SMILES string of the molecule is CCOC(=O)[C@H]1CCCN(C(=O)CC23CC4CC(CC(C4)C2)C3)C1. The van der Waals surface area contributed by atoms with Crippen LogP contribution in [0.2, 0.25) is 0 Å². The molecule has 5 aliphatic rings. The zero-order valence-corrected chi connectivity index (χ0v) is 15.0. The first kappa shape index (κ1) is 16.4. The van der Waals surface area contributed by atoms with Gasteiger partial charge in [-0.3, -0.25) is 9.59 Å². The monoisotopic (exact) mass is 333 g/mol. The highest BCUT2D eigenvalue weighted by Crippen LogP contribution is 2.61. The molecule has 4 heteroatoms. The number of likely N-dealkylation sites (tertiary alicyclic amines) is 1. The van der Waals surface area contributed by atoms with Crippen LogP contribution in [0.1, 0.15) is 64.7 Å². The third-order valence-electron chi connectivity index (χ3n) is 7.09. The summed E-state index contributed by atoms with van der Waals surface area (Å²) in [4.78, 5) is 27.0. The summed E-state index contributed by atoms with van der Waals surface area (Å²) < 4.78 is 5.17. The maximum atomic E-state index is 13.0. The summed E-state index contributed by atoms with van der Waals surface area (Å²) in [6.45, 7) is 3.67. The highest BCUT2D eigenvalue weighted by molar-refractivity contribution is 5.79. The van der Waals surface area contributed by atoms with Crippen LogP contribution in [0.25, 0.3) is 0 Å². The number of nitrogens with zero attached hydrogens (tertiary/aromatic N) is 1. The number of hydrogen-bond donors (Lipinski definition) is 0. The summed E-state index contributed by atoms with van der Waals surface area (Å²) >= 11 is 0. The summed E-state index contributed by atoms with van der Waals surface area (Å²) in [7, 11) is 0. The van der Waals surface area contributed by atoms with Crippen molar-refractivity contribution in [1.82, 2.24) is 4.90 Å². The third kappa shape index (κ3) is 3.09. The molecule has 0 aromatic heterocycles. The van der Waals surface area contributed by atoms with Crippen LogP contribution in [-0.4, -0.2) is 36.5 Å². The molecule has 0 radical (unpaired) electrons. The quantitative estimate of drug-likeness (QED) is 0.741. The molecule has 0 spiro atoms. The van der Waals surface area contributed by atoms with Crippen LogP contribution >= 0.6 is 0 Å². The molecule has 1 atom stereocenters. The van der Waals surface area contributed by atoms with E-state index >= 15 is 0 Å². The number of rotatable bonds is 4. The van der Waals surface area contributed by atoms with E-state index in [1.807, 2.05) is 11.8 Å². The van der Waals surface area contributed by atoms with Crippen molar-refractivity contribution in [2.24, 2.45) is 29.1 Å². The number of carbonyl (C=O) groups is 2. The van der Waals surface area contributed by atoms with Crippen LogP contribution in [-0.2, 0) is 14.3 Å². The van der Waals surface area contributed by atoms with Gasteiger partial charge in [0.25, 0.3) is 0 Å². The number of carbonyl (C=O) groups excluding carboxylic acids is 2. The molecule has 1 amide bonds. The average molecular weight is 333 g/mol. The van der Waals surface area contributed by atoms with Crippen molar-refractivity contribution in [3.05, 3.63) is 0 Å². The lowest BCUT2D eigenvalue weighted by atomic mass is 9.49. The smallest absolute Gasteiger partial charge is 0.310 e. The van der Waals surface area contributed by atoms with Gasteiger partial charge in [-0.25, -0.2) is 0 Å². The standard InChI is InChI=1S/C20H31NO3/c1-2-24-19(23)17-4-3-5-21(13-17)18(22)12-20-9-14-6-15(10-20)8-16(7-14)11-20/h14-17H,2-13H2,1H3/t14?,15?,16?,17-,20?/m0/s1. The minimum absolute atomic E-state index is 0.112. The molecule has 5 rings (SSSR count). The van der Waals surface area contributed by atoms with Crippen molar-refractivity contribution in [2.45, 2.75) is 64.7 Å². The summed E-state index contributed by atoms with van der Waals surface area (Å²) in [5, 5.41) is 0. The Labute approximate surface area is 145 Å². The number of hydrogen-bond acceptors (Lipinski definition) is 3. The first-order chi connectivity index (χ1) is 11.6. The number of piperidine rings is 1. The van der Waals surface area contributed by atoms with E-state index in [0.29, 0.717) is 24.5 Å². The van der Waals surface area contributed by atoms with Crippen molar-refractivity contribution in [2.75, 3.05) is 19.7 Å². The van der Waals surface area contributed by atoms with Crippen molar-refractivity contribution in [1.29, 1.82) is 0 Å². The van der Waals surface area contributed by atoms with Crippen molar-refractivity contribution >= 4 is 11.9 Å². The third-order valence-corrected chi connectivity index (χ3v) is 7.09. The summed E-state index contributed by atoms with van der Waals surface area (Å²) in [5.41, 5.74) is 0.294. The van der Waals surface area contributed by atoms with E-state index < -0.39 is 0 Å². The van der Waals surface area contributed by atoms with Gasteiger partial charge < -0.3 is 9.64 Å². The van der Waals surface area contributed by atoms with Crippen LogP contribution in [0.5, 0.6) is 0 Å². The van der Waals surface area contributed by atoms with E-state index in [2.05, 4.69) is 0 Å². The molecule has 134 valence electrons. The lowest BCUT2D eigenvalue weighted by Crippen LogP contribution is -2.50. The average Bonchev–Trinajstić information content (AvgIpc) is 2.53. The fraction of sp³-hybridized carbons (Fsp3) is 0.900. The van der Waals surface area contributed by atoms with Crippen molar-refractivity contribution < 1.29 is 14.3 Å². The first-order valence-corrected chi connectivity index (χ1v) is 10.0.